The Morgan fingerprint density at radius 1 is 1.42 bits per heavy atom. The van der Waals surface area contributed by atoms with E-state index in [4.69, 9.17) is 4.74 Å². The molecule has 2 aromatic heterocycles. The Balaban J connectivity index is 1.56. The van der Waals surface area contributed by atoms with Crippen LogP contribution in [-0.4, -0.2) is 31.2 Å². The molecule has 1 aliphatic rings. The fraction of sp³-hybridized carbons (Fsp3) is 0.312. The highest BCUT2D eigenvalue weighted by atomic mass is 32.1. The zero-order valence-electron chi connectivity index (χ0n) is 13.0. The van der Waals surface area contributed by atoms with E-state index in [2.05, 4.69) is 20.5 Å². The average Bonchev–Trinajstić information content (AvgIpc) is 3.24. The van der Waals surface area contributed by atoms with E-state index in [0.717, 1.165) is 34.8 Å². The van der Waals surface area contributed by atoms with Gasteiger partial charge >= 0.3 is 5.97 Å². The van der Waals surface area contributed by atoms with Gasteiger partial charge in [-0.15, -0.1) is 16.4 Å². The van der Waals surface area contributed by atoms with E-state index in [1.165, 1.54) is 11.0 Å². The van der Waals surface area contributed by atoms with Crippen molar-refractivity contribution in [3.8, 4) is 5.69 Å². The van der Waals surface area contributed by atoms with Crippen molar-refractivity contribution < 1.29 is 9.53 Å². The summed E-state index contributed by atoms with van der Waals surface area (Å²) in [6, 6.07) is 7.08. The molecule has 122 valence electrons. The number of fused-ring (bicyclic) bond motifs is 1. The maximum Gasteiger partial charge on any atom is 0.338 e. The van der Waals surface area contributed by atoms with Crippen molar-refractivity contribution in [2.45, 2.75) is 32.3 Å². The third-order valence-corrected chi connectivity index (χ3v) is 5.06. The third kappa shape index (κ3) is 2.80. The second-order valence-corrected chi connectivity index (χ2v) is 6.87. The molecule has 8 heteroatoms. The van der Waals surface area contributed by atoms with Gasteiger partial charge in [-0.3, -0.25) is 0 Å². The fourth-order valence-electron chi connectivity index (χ4n) is 2.87. The first-order valence-electron chi connectivity index (χ1n) is 7.71. The van der Waals surface area contributed by atoms with Crippen molar-refractivity contribution in [2.75, 3.05) is 0 Å². The molecule has 24 heavy (non-hydrogen) atoms. The Kier molecular flexibility index (Phi) is 3.81. The Morgan fingerprint density at radius 3 is 3.17 bits per heavy atom. The highest BCUT2D eigenvalue weighted by Gasteiger charge is 2.27. The molecule has 0 saturated carbocycles. The summed E-state index contributed by atoms with van der Waals surface area (Å²) in [5.41, 5.74) is 2.27. The van der Waals surface area contributed by atoms with Gasteiger partial charge in [-0.05, 0) is 54.8 Å². The quantitative estimate of drug-likeness (QED) is 0.681. The largest absolute Gasteiger partial charge is 0.453 e. The van der Waals surface area contributed by atoms with Gasteiger partial charge in [0.25, 0.3) is 0 Å². The second-order valence-electron chi connectivity index (χ2n) is 5.63. The van der Waals surface area contributed by atoms with Crippen molar-refractivity contribution >= 4 is 17.3 Å². The summed E-state index contributed by atoms with van der Waals surface area (Å²) in [6.07, 6.45) is 4.07. The monoisotopic (exact) mass is 341 g/mol. The topological polar surface area (TPSA) is 82.8 Å². The average molecular weight is 341 g/mol. The molecule has 0 saturated heterocycles. The molecule has 7 nitrogen and oxygen atoms in total. The van der Waals surface area contributed by atoms with Crippen LogP contribution in [0.15, 0.2) is 30.6 Å². The summed E-state index contributed by atoms with van der Waals surface area (Å²) in [7, 11) is 0. The van der Waals surface area contributed by atoms with Gasteiger partial charge in [0.05, 0.1) is 26.8 Å². The van der Waals surface area contributed by atoms with Crippen molar-refractivity contribution in [1.82, 2.24) is 25.2 Å². The molecule has 0 N–H and O–H groups in total. The van der Waals surface area contributed by atoms with Gasteiger partial charge in [-0.25, -0.2) is 14.5 Å². The van der Waals surface area contributed by atoms with Crippen molar-refractivity contribution in [3.05, 3.63) is 51.7 Å². The van der Waals surface area contributed by atoms with Crippen molar-refractivity contribution in [1.29, 1.82) is 0 Å². The standard InChI is InChI=1S/C16H15N5O2S/c1-10-18-13-6-3-7-14(15(13)24-10)23-16(22)11-4-2-5-12(8-11)21-9-17-19-20-21/h2,4-5,8-9,14H,3,6-7H2,1H3. The lowest BCUT2D eigenvalue weighted by Crippen LogP contribution is -2.16. The third-order valence-electron chi connectivity index (χ3n) is 3.95. The van der Waals surface area contributed by atoms with Crippen LogP contribution in [0.4, 0.5) is 0 Å². The SMILES string of the molecule is Cc1nc2c(s1)C(OC(=O)c1cccc(-n3cnnn3)c1)CCC2. The molecule has 1 aromatic carbocycles. The molecule has 0 radical (unpaired) electrons. The minimum atomic E-state index is -0.339. The Labute approximate surface area is 142 Å². The minimum absolute atomic E-state index is 0.204. The number of rotatable bonds is 3. The minimum Gasteiger partial charge on any atom is -0.453 e. The summed E-state index contributed by atoms with van der Waals surface area (Å²) in [6.45, 7) is 1.98. The number of thiazole rings is 1. The van der Waals surface area contributed by atoms with Crippen LogP contribution >= 0.6 is 11.3 Å². The predicted octanol–water partition coefficient (Wildman–Crippen LogP) is 2.66. The number of hydrogen-bond acceptors (Lipinski definition) is 7. The van der Waals surface area contributed by atoms with E-state index in [0.29, 0.717) is 11.3 Å². The summed E-state index contributed by atoms with van der Waals surface area (Å²) >= 11 is 1.62. The summed E-state index contributed by atoms with van der Waals surface area (Å²) < 4.78 is 7.26. The number of nitrogens with zero attached hydrogens (tertiary/aromatic N) is 5. The smallest absolute Gasteiger partial charge is 0.338 e. The summed E-state index contributed by atoms with van der Waals surface area (Å²) in [5.74, 6) is -0.339. The number of benzene rings is 1. The molecule has 1 aliphatic carbocycles. The van der Waals surface area contributed by atoms with Gasteiger partial charge in [0.1, 0.15) is 12.4 Å². The summed E-state index contributed by atoms with van der Waals surface area (Å²) in [4.78, 5) is 18.2. The highest BCUT2D eigenvalue weighted by Crippen LogP contribution is 2.36. The number of esters is 1. The Hall–Kier alpha value is -2.61. The van der Waals surface area contributed by atoms with Crippen LogP contribution in [0.1, 0.15) is 44.9 Å². The van der Waals surface area contributed by atoms with E-state index >= 15 is 0 Å². The number of aromatic nitrogens is 5. The lowest BCUT2D eigenvalue weighted by molar-refractivity contribution is 0.0265. The molecule has 0 fully saturated rings. The van der Waals surface area contributed by atoms with Crippen LogP contribution in [0.25, 0.3) is 5.69 Å². The van der Waals surface area contributed by atoms with Crippen LogP contribution in [0, 0.1) is 6.92 Å². The van der Waals surface area contributed by atoms with Gasteiger partial charge < -0.3 is 4.74 Å². The van der Waals surface area contributed by atoms with E-state index in [1.807, 2.05) is 13.0 Å². The van der Waals surface area contributed by atoms with E-state index < -0.39 is 0 Å². The maximum atomic E-state index is 12.6. The molecule has 0 amide bonds. The van der Waals surface area contributed by atoms with Gasteiger partial charge in [0.2, 0.25) is 0 Å². The zero-order chi connectivity index (χ0) is 16.5. The number of aryl methyl sites for hydroxylation is 2. The number of carbonyl (C=O) groups is 1. The van der Waals surface area contributed by atoms with E-state index in [-0.39, 0.29) is 12.1 Å². The first kappa shape index (κ1) is 14.9. The molecule has 3 aromatic rings. The van der Waals surface area contributed by atoms with Crippen molar-refractivity contribution in [2.24, 2.45) is 0 Å². The van der Waals surface area contributed by atoms with Crippen LogP contribution in [0.5, 0.6) is 0 Å². The number of ether oxygens (including phenoxy) is 1. The second kappa shape index (κ2) is 6.12. The van der Waals surface area contributed by atoms with Crippen LogP contribution < -0.4 is 0 Å². The maximum absolute atomic E-state index is 12.6. The first-order valence-corrected chi connectivity index (χ1v) is 8.53. The molecule has 0 bridgehead atoms. The van der Waals surface area contributed by atoms with Gasteiger partial charge in [0, 0.05) is 0 Å². The molecular formula is C16H15N5O2S. The molecule has 2 heterocycles. The van der Waals surface area contributed by atoms with E-state index in [1.54, 1.807) is 29.5 Å². The van der Waals surface area contributed by atoms with Gasteiger partial charge in [-0.1, -0.05) is 6.07 Å². The Bertz CT molecular complexity index is 874. The normalized spacial score (nSPS) is 16.6. The number of hydrogen-bond donors (Lipinski definition) is 0. The van der Waals surface area contributed by atoms with Crippen LogP contribution in [0.2, 0.25) is 0 Å². The fourth-order valence-corrected chi connectivity index (χ4v) is 3.90. The van der Waals surface area contributed by atoms with Crippen molar-refractivity contribution in [3.63, 3.8) is 0 Å². The lowest BCUT2D eigenvalue weighted by Gasteiger charge is -2.21. The van der Waals surface area contributed by atoms with Gasteiger partial charge in [0.15, 0.2) is 0 Å². The summed E-state index contributed by atoms with van der Waals surface area (Å²) in [5, 5.41) is 12.1. The molecular weight excluding hydrogens is 326 g/mol. The molecule has 0 aliphatic heterocycles. The number of carbonyl (C=O) groups excluding carboxylic acids is 1. The molecule has 1 unspecified atom stereocenters. The first-order chi connectivity index (χ1) is 11.7. The molecule has 1 atom stereocenters. The van der Waals surface area contributed by atoms with E-state index in [9.17, 15) is 4.79 Å². The van der Waals surface area contributed by atoms with Gasteiger partial charge in [-0.2, -0.15) is 0 Å². The zero-order valence-corrected chi connectivity index (χ0v) is 13.9. The molecule has 0 spiro atoms. The lowest BCUT2D eigenvalue weighted by atomic mass is 10.0. The van der Waals surface area contributed by atoms with Crippen LogP contribution in [-0.2, 0) is 11.2 Å². The highest BCUT2D eigenvalue weighted by molar-refractivity contribution is 7.11. The molecule has 4 rings (SSSR count). The van der Waals surface area contributed by atoms with Crippen LogP contribution in [0.3, 0.4) is 0 Å². The predicted molar refractivity (Wildman–Crippen MR) is 87.1 cm³/mol. The number of tetrazole rings is 1. The Morgan fingerprint density at radius 2 is 2.33 bits per heavy atom.